The second-order valence-corrected chi connectivity index (χ2v) is 6.47. The Bertz CT molecular complexity index is 654. The number of aromatic nitrogens is 1. The molecule has 0 bridgehead atoms. The molecule has 2 N–H and O–H groups in total. The van der Waals surface area contributed by atoms with E-state index in [0.717, 1.165) is 34.8 Å². The molecule has 1 saturated carbocycles. The number of hydrogen-bond donors (Lipinski definition) is 2. The second-order valence-electron chi connectivity index (χ2n) is 6.47. The molecular weight excluding hydrogens is 260 g/mol. The maximum atomic E-state index is 12.1. The first kappa shape index (κ1) is 14.3. The Balaban J connectivity index is 1.60. The first-order valence-corrected chi connectivity index (χ1v) is 8.04. The summed E-state index contributed by atoms with van der Waals surface area (Å²) in [6.07, 6.45) is 5.34. The van der Waals surface area contributed by atoms with Crippen molar-refractivity contribution in [3.05, 3.63) is 46.2 Å². The Morgan fingerprint density at radius 1 is 1.19 bits per heavy atom. The lowest BCUT2D eigenvalue weighted by Gasteiger charge is -2.26. The van der Waals surface area contributed by atoms with E-state index in [1.165, 1.54) is 25.7 Å². The molecule has 112 valence electrons. The van der Waals surface area contributed by atoms with E-state index in [9.17, 15) is 4.79 Å². The van der Waals surface area contributed by atoms with E-state index in [0.29, 0.717) is 6.54 Å². The summed E-state index contributed by atoms with van der Waals surface area (Å²) in [7, 11) is 0. The molecule has 3 nitrogen and oxygen atoms in total. The molecule has 0 atom stereocenters. The molecule has 3 rings (SSSR count). The van der Waals surface area contributed by atoms with Crippen molar-refractivity contribution in [3.63, 3.8) is 0 Å². The van der Waals surface area contributed by atoms with Gasteiger partial charge in [0, 0.05) is 17.6 Å². The zero-order chi connectivity index (χ0) is 14.7. The molecule has 1 aromatic carbocycles. The fourth-order valence-corrected chi connectivity index (χ4v) is 3.27. The Morgan fingerprint density at radius 3 is 2.76 bits per heavy atom. The fraction of sp³-hybridized carbons (Fsp3) is 0.500. The van der Waals surface area contributed by atoms with Crippen molar-refractivity contribution in [1.29, 1.82) is 0 Å². The Labute approximate surface area is 125 Å². The zero-order valence-electron chi connectivity index (χ0n) is 12.7. The Kier molecular flexibility index (Phi) is 4.39. The van der Waals surface area contributed by atoms with E-state index in [1.807, 2.05) is 30.3 Å². The van der Waals surface area contributed by atoms with Gasteiger partial charge in [0.25, 0.3) is 5.56 Å². The van der Waals surface area contributed by atoms with Crippen LogP contribution in [-0.4, -0.2) is 11.5 Å². The normalized spacial score (nSPS) is 22.5. The first-order chi connectivity index (χ1) is 10.2. The van der Waals surface area contributed by atoms with Crippen LogP contribution in [0, 0.1) is 11.8 Å². The second kappa shape index (κ2) is 6.44. The van der Waals surface area contributed by atoms with Gasteiger partial charge < -0.3 is 10.3 Å². The molecule has 0 radical (unpaired) electrons. The topological polar surface area (TPSA) is 44.9 Å². The van der Waals surface area contributed by atoms with Crippen LogP contribution in [0.4, 0.5) is 0 Å². The van der Waals surface area contributed by atoms with Crippen LogP contribution in [0.25, 0.3) is 10.9 Å². The van der Waals surface area contributed by atoms with E-state index in [4.69, 9.17) is 0 Å². The van der Waals surface area contributed by atoms with Crippen molar-refractivity contribution in [2.75, 3.05) is 6.54 Å². The molecule has 0 unspecified atom stereocenters. The van der Waals surface area contributed by atoms with Gasteiger partial charge in [-0.1, -0.05) is 38.0 Å². The van der Waals surface area contributed by atoms with Gasteiger partial charge in [-0.05, 0) is 48.7 Å². The minimum Gasteiger partial charge on any atom is -0.322 e. The van der Waals surface area contributed by atoms with Gasteiger partial charge in [-0.25, -0.2) is 0 Å². The average Bonchev–Trinajstić information content (AvgIpc) is 2.50. The highest BCUT2D eigenvalue weighted by atomic mass is 16.1. The van der Waals surface area contributed by atoms with E-state index in [1.54, 1.807) is 0 Å². The number of aromatic amines is 1. The summed E-state index contributed by atoms with van der Waals surface area (Å²) in [5.41, 5.74) is 1.77. The molecule has 1 aliphatic rings. The van der Waals surface area contributed by atoms with Gasteiger partial charge in [-0.3, -0.25) is 4.79 Å². The summed E-state index contributed by atoms with van der Waals surface area (Å²) in [6, 6.07) is 9.93. The van der Waals surface area contributed by atoms with Gasteiger partial charge in [0.2, 0.25) is 0 Å². The minimum absolute atomic E-state index is 0.0264. The predicted molar refractivity (Wildman–Crippen MR) is 87.4 cm³/mol. The highest BCUT2D eigenvalue weighted by Gasteiger charge is 2.17. The van der Waals surface area contributed by atoms with Crippen LogP contribution in [-0.2, 0) is 6.54 Å². The minimum atomic E-state index is 0.0264. The van der Waals surface area contributed by atoms with E-state index in [-0.39, 0.29) is 5.56 Å². The third-order valence-corrected chi connectivity index (χ3v) is 4.71. The standard InChI is InChI=1S/C18H24N2O/c1-13-6-8-14(9-7-13)11-19-12-16-10-15-4-2-3-5-17(15)20-18(16)21/h2-5,10,13-14,19H,6-9,11-12H2,1H3,(H,20,21). The number of rotatable bonds is 4. The van der Waals surface area contributed by atoms with Crippen molar-refractivity contribution in [1.82, 2.24) is 10.3 Å². The Morgan fingerprint density at radius 2 is 1.95 bits per heavy atom. The third kappa shape index (κ3) is 3.53. The largest absolute Gasteiger partial charge is 0.322 e. The van der Waals surface area contributed by atoms with Gasteiger partial charge in [0.05, 0.1) is 0 Å². The maximum Gasteiger partial charge on any atom is 0.252 e. The molecule has 21 heavy (non-hydrogen) atoms. The van der Waals surface area contributed by atoms with Crippen LogP contribution >= 0.6 is 0 Å². The summed E-state index contributed by atoms with van der Waals surface area (Å²) in [5.74, 6) is 1.67. The van der Waals surface area contributed by atoms with E-state index in [2.05, 4.69) is 17.2 Å². The number of H-pyrrole nitrogens is 1. The number of fused-ring (bicyclic) bond motifs is 1. The molecule has 3 heteroatoms. The zero-order valence-corrected chi connectivity index (χ0v) is 12.7. The number of nitrogens with one attached hydrogen (secondary N) is 2. The van der Waals surface area contributed by atoms with Crippen LogP contribution in [0.2, 0.25) is 0 Å². The number of para-hydroxylation sites is 1. The summed E-state index contributed by atoms with van der Waals surface area (Å²) in [6.45, 7) is 4.03. The van der Waals surface area contributed by atoms with Crippen LogP contribution in [0.5, 0.6) is 0 Å². The molecule has 1 fully saturated rings. The molecule has 0 amide bonds. The molecule has 2 aromatic rings. The lowest BCUT2D eigenvalue weighted by molar-refractivity contribution is 0.281. The molecular formula is C18H24N2O. The Hall–Kier alpha value is -1.61. The summed E-state index contributed by atoms with van der Waals surface area (Å²) in [5, 5.41) is 4.57. The maximum absolute atomic E-state index is 12.1. The van der Waals surface area contributed by atoms with Gasteiger partial charge in [-0.15, -0.1) is 0 Å². The SMILES string of the molecule is CC1CCC(CNCc2cc3ccccc3[nH]c2=O)CC1. The smallest absolute Gasteiger partial charge is 0.252 e. The lowest BCUT2D eigenvalue weighted by atomic mass is 9.83. The molecule has 0 saturated heterocycles. The highest BCUT2D eigenvalue weighted by Crippen LogP contribution is 2.27. The molecule has 1 aliphatic carbocycles. The van der Waals surface area contributed by atoms with Crippen LogP contribution < -0.4 is 10.9 Å². The van der Waals surface area contributed by atoms with E-state index < -0.39 is 0 Å². The summed E-state index contributed by atoms with van der Waals surface area (Å²) >= 11 is 0. The summed E-state index contributed by atoms with van der Waals surface area (Å²) in [4.78, 5) is 15.0. The third-order valence-electron chi connectivity index (χ3n) is 4.71. The van der Waals surface area contributed by atoms with Crippen molar-refractivity contribution in [2.45, 2.75) is 39.2 Å². The van der Waals surface area contributed by atoms with Crippen LogP contribution in [0.15, 0.2) is 35.1 Å². The average molecular weight is 284 g/mol. The van der Waals surface area contributed by atoms with Gasteiger partial charge in [-0.2, -0.15) is 0 Å². The molecule has 1 heterocycles. The van der Waals surface area contributed by atoms with Gasteiger partial charge in [0.1, 0.15) is 0 Å². The van der Waals surface area contributed by atoms with Gasteiger partial charge >= 0.3 is 0 Å². The van der Waals surface area contributed by atoms with Gasteiger partial charge in [0.15, 0.2) is 0 Å². The van der Waals surface area contributed by atoms with Crippen molar-refractivity contribution < 1.29 is 0 Å². The predicted octanol–water partition coefficient (Wildman–Crippen LogP) is 3.44. The van der Waals surface area contributed by atoms with Crippen LogP contribution in [0.1, 0.15) is 38.2 Å². The van der Waals surface area contributed by atoms with Crippen molar-refractivity contribution in [3.8, 4) is 0 Å². The molecule has 0 aliphatic heterocycles. The van der Waals surface area contributed by atoms with Crippen molar-refractivity contribution in [2.24, 2.45) is 11.8 Å². The highest BCUT2D eigenvalue weighted by molar-refractivity contribution is 5.78. The van der Waals surface area contributed by atoms with Crippen LogP contribution in [0.3, 0.4) is 0 Å². The number of benzene rings is 1. The van der Waals surface area contributed by atoms with E-state index >= 15 is 0 Å². The summed E-state index contributed by atoms with van der Waals surface area (Å²) < 4.78 is 0. The quantitative estimate of drug-likeness (QED) is 0.903. The fourth-order valence-electron chi connectivity index (χ4n) is 3.27. The van der Waals surface area contributed by atoms with Crippen molar-refractivity contribution >= 4 is 10.9 Å². The molecule has 0 spiro atoms. The lowest BCUT2D eigenvalue weighted by Crippen LogP contribution is -2.28. The molecule has 1 aromatic heterocycles. The number of hydrogen-bond acceptors (Lipinski definition) is 2. The first-order valence-electron chi connectivity index (χ1n) is 8.04. The number of pyridine rings is 1. The monoisotopic (exact) mass is 284 g/mol.